The highest BCUT2D eigenvalue weighted by atomic mass is 16.2. The maximum atomic E-state index is 13.1. The quantitative estimate of drug-likeness (QED) is 0.794. The van der Waals surface area contributed by atoms with Crippen molar-refractivity contribution in [3.63, 3.8) is 0 Å². The highest BCUT2D eigenvalue weighted by molar-refractivity contribution is 5.92. The smallest absolute Gasteiger partial charge is 0.272 e. The summed E-state index contributed by atoms with van der Waals surface area (Å²) in [5, 5.41) is 4.31. The number of rotatable bonds is 5. The van der Waals surface area contributed by atoms with E-state index in [4.69, 9.17) is 0 Å². The minimum atomic E-state index is 0.0384. The van der Waals surface area contributed by atoms with Gasteiger partial charge >= 0.3 is 0 Å². The fourth-order valence-corrected chi connectivity index (χ4v) is 3.24. The van der Waals surface area contributed by atoms with E-state index in [0.717, 1.165) is 37.1 Å². The van der Waals surface area contributed by atoms with Crippen molar-refractivity contribution in [1.82, 2.24) is 19.7 Å². The van der Waals surface area contributed by atoms with E-state index < -0.39 is 0 Å². The summed E-state index contributed by atoms with van der Waals surface area (Å²) < 4.78 is 1.68. The molecular formula is C19H24N4O. The molecule has 1 amide bonds. The second-order valence-corrected chi connectivity index (χ2v) is 6.49. The molecule has 126 valence electrons. The van der Waals surface area contributed by atoms with Crippen LogP contribution in [-0.4, -0.2) is 32.1 Å². The predicted octanol–water partition coefficient (Wildman–Crippen LogP) is 3.12. The average molecular weight is 324 g/mol. The number of carbonyl (C=O) groups is 1. The van der Waals surface area contributed by atoms with Crippen LogP contribution >= 0.6 is 0 Å². The van der Waals surface area contributed by atoms with Crippen molar-refractivity contribution in [2.45, 2.75) is 32.7 Å². The van der Waals surface area contributed by atoms with Gasteiger partial charge in [-0.2, -0.15) is 5.10 Å². The summed E-state index contributed by atoms with van der Waals surface area (Å²) in [6, 6.07) is 5.79. The number of nitrogens with zero attached hydrogens (tertiary/aromatic N) is 4. The van der Waals surface area contributed by atoms with E-state index in [0.29, 0.717) is 18.2 Å². The molecule has 0 aliphatic heterocycles. The summed E-state index contributed by atoms with van der Waals surface area (Å²) in [6.45, 7) is 3.26. The molecule has 0 aromatic carbocycles. The lowest BCUT2D eigenvalue weighted by Crippen LogP contribution is -2.36. The number of amides is 1. The van der Waals surface area contributed by atoms with E-state index in [1.807, 2.05) is 43.3 Å². The Morgan fingerprint density at radius 3 is 2.92 bits per heavy atom. The molecular weight excluding hydrogens is 300 g/mol. The van der Waals surface area contributed by atoms with Crippen molar-refractivity contribution in [3.8, 4) is 0 Å². The Balaban J connectivity index is 1.81. The first-order valence-electron chi connectivity index (χ1n) is 8.47. The average Bonchev–Trinajstić information content (AvgIpc) is 2.94. The molecule has 0 spiro atoms. The summed E-state index contributed by atoms with van der Waals surface area (Å²) in [4.78, 5) is 19.2. The first kappa shape index (κ1) is 16.4. The van der Waals surface area contributed by atoms with E-state index in [1.165, 1.54) is 0 Å². The van der Waals surface area contributed by atoms with Crippen LogP contribution in [0.5, 0.6) is 0 Å². The van der Waals surface area contributed by atoms with Gasteiger partial charge in [0.2, 0.25) is 0 Å². The molecule has 24 heavy (non-hydrogen) atoms. The highest BCUT2D eigenvalue weighted by Crippen LogP contribution is 2.21. The van der Waals surface area contributed by atoms with Crippen LogP contribution in [0, 0.1) is 12.8 Å². The van der Waals surface area contributed by atoms with Gasteiger partial charge in [0.25, 0.3) is 5.91 Å². The number of allylic oxidation sites excluding steroid dienone is 2. The fraction of sp³-hybridized carbons (Fsp3) is 0.421. The van der Waals surface area contributed by atoms with Crippen molar-refractivity contribution < 1.29 is 4.79 Å². The van der Waals surface area contributed by atoms with Gasteiger partial charge in [-0.05, 0) is 49.8 Å². The molecule has 1 aliphatic carbocycles. The molecule has 0 saturated carbocycles. The van der Waals surface area contributed by atoms with E-state index in [9.17, 15) is 4.79 Å². The lowest BCUT2D eigenvalue weighted by atomic mass is 9.93. The van der Waals surface area contributed by atoms with Gasteiger partial charge in [-0.1, -0.05) is 18.2 Å². The Morgan fingerprint density at radius 1 is 1.42 bits per heavy atom. The molecule has 3 rings (SSSR count). The zero-order chi connectivity index (χ0) is 16.9. The number of aryl methyl sites for hydroxylation is 2. The maximum Gasteiger partial charge on any atom is 0.272 e. The third kappa shape index (κ3) is 3.91. The zero-order valence-electron chi connectivity index (χ0n) is 14.4. The van der Waals surface area contributed by atoms with Gasteiger partial charge in [-0.3, -0.25) is 14.5 Å². The van der Waals surface area contributed by atoms with Crippen molar-refractivity contribution in [3.05, 3.63) is 59.7 Å². The number of carbonyl (C=O) groups excluding carboxylic acids is 1. The summed E-state index contributed by atoms with van der Waals surface area (Å²) in [5.41, 5.74) is 2.56. The Hall–Kier alpha value is -2.43. The van der Waals surface area contributed by atoms with Crippen LogP contribution in [0.3, 0.4) is 0 Å². The van der Waals surface area contributed by atoms with Crippen molar-refractivity contribution in [1.29, 1.82) is 0 Å². The predicted molar refractivity (Wildman–Crippen MR) is 93.4 cm³/mol. The molecule has 0 unspecified atom stereocenters. The van der Waals surface area contributed by atoms with Crippen LogP contribution in [0.2, 0.25) is 0 Å². The number of aromatic nitrogens is 3. The second kappa shape index (κ2) is 7.43. The van der Waals surface area contributed by atoms with Gasteiger partial charge in [0.1, 0.15) is 5.69 Å². The number of pyridine rings is 1. The lowest BCUT2D eigenvalue weighted by molar-refractivity contribution is 0.0699. The van der Waals surface area contributed by atoms with Gasteiger partial charge in [0.15, 0.2) is 0 Å². The Labute approximate surface area is 143 Å². The van der Waals surface area contributed by atoms with E-state index in [2.05, 4.69) is 22.2 Å². The minimum absolute atomic E-state index is 0.0384. The molecule has 2 aromatic heterocycles. The number of hydrogen-bond donors (Lipinski definition) is 0. The maximum absolute atomic E-state index is 13.1. The molecule has 5 nitrogen and oxygen atoms in total. The third-order valence-corrected chi connectivity index (χ3v) is 4.46. The lowest BCUT2D eigenvalue weighted by Gasteiger charge is -2.28. The first-order valence-corrected chi connectivity index (χ1v) is 8.47. The van der Waals surface area contributed by atoms with Crippen LogP contribution in [0.4, 0.5) is 0 Å². The Bertz CT molecular complexity index is 720. The SMILES string of the molecule is Cc1cc(C(=O)N(Cc2cccnc2)C[C@@H]2CC=CCC2)n(C)n1. The monoisotopic (exact) mass is 324 g/mol. The first-order chi connectivity index (χ1) is 11.6. The summed E-state index contributed by atoms with van der Waals surface area (Å²) >= 11 is 0. The van der Waals surface area contributed by atoms with Crippen LogP contribution in [0.1, 0.15) is 41.0 Å². The van der Waals surface area contributed by atoms with E-state index in [1.54, 1.807) is 10.9 Å². The van der Waals surface area contributed by atoms with Gasteiger partial charge in [-0.15, -0.1) is 0 Å². The van der Waals surface area contributed by atoms with Crippen LogP contribution in [0.15, 0.2) is 42.7 Å². The van der Waals surface area contributed by atoms with Gasteiger partial charge in [-0.25, -0.2) is 0 Å². The van der Waals surface area contributed by atoms with Gasteiger partial charge in [0.05, 0.1) is 5.69 Å². The van der Waals surface area contributed by atoms with Crippen molar-refractivity contribution in [2.75, 3.05) is 6.54 Å². The third-order valence-electron chi connectivity index (χ3n) is 4.46. The minimum Gasteiger partial charge on any atom is -0.333 e. The molecule has 0 radical (unpaired) electrons. The topological polar surface area (TPSA) is 51.0 Å². The Morgan fingerprint density at radius 2 is 2.29 bits per heavy atom. The molecule has 1 aliphatic rings. The fourth-order valence-electron chi connectivity index (χ4n) is 3.24. The van der Waals surface area contributed by atoms with E-state index >= 15 is 0 Å². The molecule has 2 aromatic rings. The molecule has 2 heterocycles. The van der Waals surface area contributed by atoms with Crippen molar-refractivity contribution in [2.24, 2.45) is 13.0 Å². The molecule has 0 bridgehead atoms. The number of hydrogen-bond acceptors (Lipinski definition) is 3. The summed E-state index contributed by atoms with van der Waals surface area (Å²) in [5.74, 6) is 0.557. The largest absolute Gasteiger partial charge is 0.333 e. The summed E-state index contributed by atoms with van der Waals surface area (Å²) in [7, 11) is 1.83. The molecule has 0 N–H and O–H groups in total. The Kier molecular flexibility index (Phi) is 5.08. The zero-order valence-corrected chi connectivity index (χ0v) is 14.4. The molecule has 5 heteroatoms. The van der Waals surface area contributed by atoms with E-state index in [-0.39, 0.29) is 5.91 Å². The normalized spacial score (nSPS) is 17.0. The van der Waals surface area contributed by atoms with Gasteiger partial charge < -0.3 is 4.90 Å². The van der Waals surface area contributed by atoms with Crippen LogP contribution in [-0.2, 0) is 13.6 Å². The van der Waals surface area contributed by atoms with Crippen molar-refractivity contribution >= 4 is 5.91 Å². The molecule has 1 atom stereocenters. The van der Waals surface area contributed by atoms with Crippen LogP contribution < -0.4 is 0 Å². The molecule has 0 saturated heterocycles. The van der Waals surface area contributed by atoms with Gasteiger partial charge in [0, 0.05) is 32.5 Å². The van der Waals surface area contributed by atoms with Crippen LogP contribution in [0.25, 0.3) is 0 Å². The summed E-state index contributed by atoms with van der Waals surface area (Å²) in [6.07, 6.45) is 11.3. The highest BCUT2D eigenvalue weighted by Gasteiger charge is 2.23. The molecule has 0 fully saturated rings. The standard InChI is InChI=1S/C19H24N4O/c1-15-11-18(22(2)21-15)19(24)23(13-16-7-4-3-5-8-16)14-17-9-6-10-20-12-17/h3-4,6,9-12,16H,5,7-8,13-14H2,1-2H3/t16-/m1/s1. The second-order valence-electron chi connectivity index (χ2n) is 6.49.